The molecule has 0 fully saturated rings. The quantitative estimate of drug-likeness (QED) is 0.686. The Morgan fingerprint density at radius 2 is 2.24 bits per heavy atom. The molecule has 0 N–H and O–H groups in total. The highest BCUT2D eigenvalue weighted by Crippen LogP contribution is 2.26. The summed E-state index contributed by atoms with van der Waals surface area (Å²) >= 11 is 1.29. The van der Waals surface area contributed by atoms with E-state index in [4.69, 9.17) is 4.74 Å². The number of fused-ring (bicyclic) bond motifs is 1. The van der Waals surface area contributed by atoms with Gasteiger partial charge in [0.25, 0.3) is 0 Å². The summed E-state index contributed by atoms with van der Waals surface area (Å²) in [5, 5.41) is 14.3. The van der Waals surface area contributed by atoms with E-state index in [0.29, 0.717) is 9.97 Å². The third-order valence-electron chi connectivity index (χ3n) is 2.71. The maximum atomic E-state index is 11.8. The molecule has 0 aromatic carbocycles. The van der Waals surface area contributed by atoms with Crippen LogP contribution in [-0.2, 0) is 4.74 Å². The molecule has 0 aliphatic heterocycles. The molecule has 3 aromatic heterocycles. The number of rotatable bonds is 3. The summed E-state index contributed by atoms with van der Waals surface area (Å²) in [6.45, 7) is 1.92. The fourth-order valence-electron chi connectivity index (χ4n) is 1.80. The molecule has 0 atom stereocenters. The van der Waals surface area contributed by atoms with E-state index in [9.17, 15) is 10.1 Å². The molecule has 0 unspecified atom stereocenters. The van der Waals surface area contributed by atoms with E-state index < -0.39 is 5.97 Å². The molecule has 104 valence electrons. The first-order valence-electron chi connectivity index (χ1n) is 6.11. The Hall–Kier alpha value is -2.79. The zero-order valence-electron chi connectivity index (χ0n) is 11.0. The van der Waals surface area contributed by atoms with Crippen LogP contribution in [0.1, 0.15) is 23.1 Å². The third-order valence-corrected chi connectivity index (χ3v) is 3.66. The molecular weight excluding hydrogens is 290 g/mol. The molecule has 0 bridgehead atoms. The zero-order chi connectivity index (χ0) is 14.8. The van der Waals surface area contributed by atoms with Crippen LogP contribution in [0, 0.1) is 11.3 Å². The predicted molar refractivity (Wildman–Crippen MR) is 74.8 cm³/mol. The van der Waals surface area contributed by atoms with Gasteiger partial charge in [0.05, 0.1) is 6.61 Å². The lowest BCUT2D eigenvalue weighted by atomic mass is 10.3. The van der Waals surface area contributed by atoms with E-state index in [2.05, 4.69) is 15.1 Å². The van der Waals surface area contributed by atoms with Gasteiger partial charge in [0.1, 0.15) is 11.1 Å². The number of ether oxygens (including phenoxy) is 1. The number of nitriles is 1. The van der Waals surface area contributed by atoms with Crippen molar-refractivity contribution >= 4 is 22.3 Å². The minimum Gasteiger partial charge on any atom is -0.461 e. The van der Waals surface area contributed by atoms with Gasteiger partial charge < -0.3 is 4.74 Å². The van der Waals surface area contributed by atoms with Crippen LogP contribution in [-0.4, -0.2) is 32.2 Å². The molecule has 0 aliphatic carbocycles. The van der Waals surface area contributed by atoms with Crippen LogP contribution >= 0.6 is 11.3 Å². The fourth-order valence-corrected chi connectivity index (χ4v) is 2.71. The Bertz CT molecular complexity index is 847. The van der Waals surface area contributed by atoms with Crippen molar-refractivity contribution in [3.05, 3.63) is 35.9 Å². The van der Waals surface area contributed by atoms with Crippen molar-refractivity contribution in [3.8, 4) is 16.6 Å². The normalized spacial score (nSPS) is 10.5. The number of esters is 1. The highest BCUT2D eigenvalue weighted by Gasteiger charge is 2.23. The summed E-state index contributed by atoms with van der Waals surface area (Å²) < 4.78 is 6.25. The van der Waals surface area contributed by atoms with E-state index in [1.807, 2.05) is 18.2 Å². The van der Waals surface area contributed by atoms with Gasteiger partial charge in [-0.2, -0.15) is 14.9 Å². The standard InChI is InChI=1S/C13H9N5O2S/c1-2-20-12(19)10-9(7-14)18-13(16-10)21-11(17-18)8-3-5-15-6-4-8/h3-6H,2H2,1H3. The highest BCUT2D eigenvalue weighted by molar-refractivity contribution is 7.19. The van der Waals surface area contributed by atoms with Gasteiger partial charge in [-0.25, -0.2) is 9.78 Å². The topological polar surface area (TPSA) is 93.2 Å². The first-order chi connectivity index (χ1) is 10.2. The lowest BCUT2D eigenvalue weighted by Crippen LogP contribution is -2.07. The maximum Gasteiger partial charge on any atom is 0.360 e. The number of aromatic nitrogens is 4. The monoisotopic (exact) mass is 299 g/mol. The average molecular weight is 299 g/mol. The molecule has 3 aromatic rings. The molecule has 21 heavy (non-hydrogen) atoms. The van der Waals surface area contributed by atoms with Crippen LogP contribution in [0.25, 0.3) is 15.5 Å². The second-order valence-electron chi connectivity index (χ2n) is 3.98. The lowest BCUT2D eigenvalue weighted by Gasteiger charge is -1.97. The fraction of sp³-hybridized carbons (Fsp3) is 0.154. The Kier molecular flexibility index (Phi) is 3.33. The van der Waals surface area contributed by atoms with Gasteiger partial charge in [-0.15, -0.1) is 0 Å². The number of carbonyl (C=O) groups excluding carboxylic acids is 1. The van der Waals surface area contributed by atoms with Gasteiger partial charge in [-0.3, -0.25) is 4.98 Å². The number of pyridine rings is 1. The van der Waals surface area contributed by atoms with Crippen molar-refractivity contribution in [1.29, 1.82) is 5.26 Å². The summed E-state index contributed by atoms with van der Waals surface area (Å²) in [5.74, 6) is -0.614. The Balaban J connectivity index is 2.11. The molecule has 0 aliphatic rings. The molecule has 0 radical (unpaired) electrons. The SMILES string of the molecule is CCOC(=O)c1nc2sc(-c3ccncc3)nn2c1C#N. The van der Waals surface area contributed by atoms with E-state index in [1.54, 1.807) is 19.3 Å². The van der Waals surface area contributed by atoms with Crippen molar-refractivity contribution in [1.82, 2.24) is 19.6 Å². The van der Waals surface area contributed by atoms with Gasteiger partial charge in [0, 0.05) is 18.0 Å². The van der Waals surface area contributed by atoms with E-state index in [1.165, 1.54) is 15.9 Å². The van der Waals surface area contributed by atoms with Gasteiger partial charge >= 0.3 is 5.97 Å². The Morgan fingerprint density at radius 3 is 2.90 bits per heavy atom. The molecule has 0 saturated heterocycles. The largest absolute Gasteiger partial charge is 0.461 e. The molecule has 8 heteroatoms. The number of carbonyl (C=O) groups is 1. The van der Waals surface area contributed by atoms with Gasteiger partial charge in [-0.1, -0.05) is 11.3 Å². The molecular formula is C13H9N5O2S. The second-order valence-corrected chi connectivity index (χ2v) is 4.93. The van der Waals surface area contributed by atoms with Crippen molar-refractivity contribution in [2.24, 2.45) is 0 Å². The summed E-state index contributed by atoms with van der Waals surface area (Å²) in [7, 11) is 0. The molecule has 3 heterocycles. The first kappa shape index (κ1) is 13.2. The van der Waals surface area contributed by atoms with Crippen LogP contribution in [0.15, 0.2) is 24.5 Å². The van der Waals surface area contributed by atoms with Gasteiger partial charge in [-0.05, 0) is 19.1 Å². The first-order valence-corrected chi connectivity index (χ1v) is 6.93. The Labute approximate surface area is 123 Å². The van der Waals surface area contributed by atoms with Crippen molar-refractivity contribution < 1.29 is 9.53 Å². The number of imidazole rings is 1. The summed E-state index contributed by atoms with van der Waals surface area (Å²) in [6.07, 6.45) is 3.32. The van der Waals surface area contributed by atoms with Crippen LogP contribution < -0.4 is 0 Å². The van der Waals surface area contributed by atoms with Crippen molar-refractivity contribution in [2.45, 2.75) is 6.92 Å². The highest BCUT2D eigenvalue weighted by atomic mass is 32.1. The predicted octanol–water partition coefficient (Wildman–Crippen LogP) is 1.90. The van der Waals surface area contributed by atoms with Crippen LogP contribution in [0.5, 0.6) is 0 Å². The maximum absolute atomic E-state index is 11.8. The van der Waals surface area contributed by atoms with Gasteiger partial charge in [0.15, 0.2) is 11.4 Å². The zero-order valence-corrected chi connectivity index (χ0v) is 11.8. The summed E-state index contributed by atoms with van der Waals surface area (Å²) in [5.41, 5.74) is 0.960. The average Bonchev–Trinajstić information content (AvgIpc) is 3.05. The molecule has 0 saturated carbocycles. The number of nitrogens with zero attached hydrogens (tertiary/aromatic N) is 5. The van der Waals surface area contributed by atoms with Crippen LogP contribution in [0.4, 0.5) is 0 Å². The molecule has 3 rings (SSSR count). The third kappa shape index (κ3) is 2.23. The van der Waals surface area contributed by atoms with E-state index >= 15 is 0 Å². The smallest absolute Gasteiger partial charge is 0.360 e. The van der Waals surface area contributed by atoms with Gasteiger partial charge in [0.2, 0.25) is 4.96 Å². The summed E-state index contributed by atoms with van der Waals surface area (Å²) in [6, 6.07) is 5.59. The minimum atomic E-state index is -0.614. The molecule has 0 amide bonds. The van der Waals surface area contributed by atoms with E-state index in [-0.39, 0.29) is 18.0 Å². The van der Waals surface area contributed by atoms with Crippen LogP contribution in [0.2, 0.25) is 0 Å². The van der Waals surface area contributed by atoms with Crippen molar-refractivity contribution in [2.75, 3.05) is 6.61 Å². The molecule has 0 spiro atoms. The lowest BCUT2D eigenvalue weighted by molar-refractivity contribution is 0.0520. The van der Waals surface area contributed by atoms with E-state index in [0.717, 1.165) is 5.56 Å². The second kappa shape index (κ2) is 5.30. The minimum absolute atomic E-state index is 0.000576. The summed E-state index contributed by atoms with van der Waals surface area (Å²) in [4.78, 5) is 20.3. The molecule has 7 nitrogen and oxygen atoms in total. The number of hydrogen-bond acceptors (Lipinski definition) is 7. The Morgan fingerprint density at radius 1 is 1.48 bits per heavy atom. The number of hydrogen-bond donors (Lipinski definition) is 0. The van der Waals surface area contributed by atoms with Crippen LogP contribution in [0.3, 0.4) is 0 Å². The van der Waals surface area contributed by atoms with Crippen molar-refractivity contribution in [3.63, 3.8) is 0 Å².